The maximum atomic E-state index is 13.6. The smallest absolute Gasteiger partial charge is 0.258 e. The van der Waals surface area contributed by atoms with Gasteiger partial charge >= 0.3 is 0 Å². The van der Waals surface area contributed by atoms with E-state index in [1.54, 1.807) is 6.07 Å². The van der Waals surface area contributed by atoms with Crippen LogP contribution in [0.3, 0.4) is 0 Å². The summed E-state index contributed by atoms with van der Waals surface area (Å²) in [4.78, 5) is 15.8. The van der Waals surface area contributed by atoms with Gasteiger partial charge in [-0.15, -0.1) is 0 Å². The zero-order valence-electron chi connectivity index (χ0n) is 9.25. The molecule has 1 N–H and O–H groups in total. The molecule has 1 aromatic heterocycles. The topological polar surface area (TPSA) is 42.0 Å². The van der Waals surface area contributed by atoms with Crippen LogP contribution in [0, 0.1) is 5.82 Å². The third-order valence-corrected chi connectivity index (χ3v) is 3.46. The van der Waals surface area contributed by atoms with Crippen molar-refractivity contribution < 1.29 is 9.18 Å². The number of amides is 1. The van der Waals surface area contributed by atoms with E-state index in [9.17, 15) is 9.18 Å². The van der Waals surface area contributed by atoms with E-state index in [1.807, 2.05) is 0 Å². The van der Waals surface area contributed by atoms with Crippen LogP contribution in [-0.4, -0.2) is 10.9 Å². The van der Waals surface area contributed by atoms with E-state index in [0.29, 0.717) is 8.95 Å². The molecule has 1 amide bonds. The summed E-state index contributed by atoms with van der Waals surface area (Å²) in [6.07, 6.45) is 1.47. The molecule has 0 spiro atoms. The van der Waals surface area contributed by atoms with Gasteiger partial charge in [0.15, 0.2) is 0 Å². The maximum Gasteiger partial charge on any atom is 0.258 e. The summed E-state index contributed by atoms with van der Waals surface area (Å²) >= 11 is 12.2. The first-order chi connectivity index (χ1) is 8.97. The number of halogens is 4. The number of carbonyl (C=O) groups is 1. The van der Waals surface area contributed by atoms with Crippen LogP contribution in [0.1, 0.15) is 10.4 Å². The van der Waals surface area contributed by atoms with E-state index < -0.39 is 11.7 Å². The number of pyridine rings is 1. The van der Waals surface area contributed by atoms with Crippen LogP contribution < -0.4 is 5.32 Å². The molecule has 7 heteroatoms. The minimum atomic E-state index is -0.540. The number of nitrogens with zero attached hydrogens (tertiary/aromatic N) is 1. The molecule has 3 nitrogen and oxygen atoms in total. The lowest BCUT2D eigenvalue weighted by Gasteiger charge is -2.08. The highest BCUT2D eigenvalue weighted by atomic mass is 79.9. The van der Waals surface area contributed by atoms with Crippen LogP contribution in [0.25, 0.3) is 0 Å². The SMILES string of the molecule is O=C(Nc1ccc(Br)cc1F)c1cc(Br)cnc1Cl. The third-order valence-electron chi connectivity index (χ3n) is 2.23. The number of aromatic nitrogens is 1. The Morgan fingerprint density at radius 3 is 2.68 bits per heavy atom. The predicted molar refractivity (Wildman–Crippen MR) is 79.0 cm³/mol. The zero-order valence-corrected chi connectivity index (χ0v) is 13.2. The Hall–Kier alpha value is -0.980. The van der Waals surface area contributed by atoms with Crippen molar-refractivity contribution in [1.29, 1.82) is 0 Å². The second kappa shape index (κ2) is 5.98. The molecule has 0 radical (unpaired) electrons. The highest BCUT2D eigenvalue weighted by molar-refractivity contribution is 9.10. The molecule has 0 saturated heterocycles. The monoisotopic (exact) mass is 406 g/mol. The van der Waals surface area contributed by atoms with Crippen LogP contribution in [0.4, 0.5) is 10.1 Å². The first-order valence-electron chi connectivity index (χ1n) is 5.05. The Morgan fingerprint density at radius 2 is 2.00 bits per heavy atom. The molecule has 1 heterocycles. The zero-order chi connectivity index (χ0) is 14.0. The fourth-order valence-electron chi connectivity index (χ4n) is 1.36. The average molecular weight is 408 g/mol. The molecule has 98 valence electrons. The minimum absolute atomic E-state index is 0.0539. The fourth-order valence-corrected chi connectivity index (χ4v) is 2.22. The molecule has 0 aliphatic carbocycles. The lowest BCUT2D eigenvalue weighted by molar-refractivity contribution is 0.102. The van der Waals surface area contributed by atoms with Gasteiger partial charge in [-0.05, 0) is 40.2 Å². The summed E-state index contributed by atoms with van der Waals surface area (Å²) < 4.78 is 14.8. The molecule has 0 fully saturated rings. The van der Waals surface area contributed by atoms with Crippen LogP contribution in [-0.2, 0) is 0 Å². The van der Waals surface area contributed by atoms with E-state index in [-0.39, 0.29) is 16.4 Å². The summed E-state index contributed by atoms with van der Waals surface area (Å²) in [6, 6.07) is 5.86. The molecule has 2 aromatic rings. The van der Waals surface area contributed by atoms with Crippen molar-refractivity contribution in [3.05, 3.63) is 55.9 Å². The Bertz CT molecular complexity index is 652. The molecule has 0 aliphatic heterocycles. The Labute approximate surface area is 130 Å². The Morgan fingerprint density at radius 1 is 1.26 bits per heavy atom. The lowest BCUT2D eigenvalue weighted by Crippen LogP contribution is -2.14. The highest BCUT2D eigenvalue weighted by Crippen LogP contribution is 2.22. The van der Waals surface area contributed by atoms with Gasteiger partial charge < -0.3 is 5.32 Å². The van der Waals surface area contributed by atoms with Crippen molar-refractivity contribution >= 4 is 55.1 Å². The molecule has 0 saturated carbocycles. The highest BCUT2D eigenvalue weighted by Gasteiger charge is 2.14. The number of anilines is 1. The molecular formula is C12H6Br2ClFN2O. The molecule has 0 atom stereocenters. The predicted octanol–water partition coefficient (Wildman–Crippen LogP) is 4.65. The van der Waals surface area contributed by atoms with Crippen molar-refractivity contribution in [1.82, 2.24) is 4.98 Å². The van der Waals surface area contributed by atoms with Gasteiger partial charge in [-0.3, -0.25) is 4.79 Å². The lowest BCUT2D eigenvalue weighted by atomic mass is 10.2. The van der Waals surface area contributed by atoms with E-state index in [2.05, 4.69) is 42.2 Å². The largest absolute Gasteiger partial charge is 0.319 e. The summed E-state index contributed by atoms with van der Waals surface area (Å²) in [5, 5.41) is 2.50. The quantitative estimate of drug-likeness (QED) is 0.735. The molecule has 0 bridgehead atoms. The van der Waals surface area contributed by atoms with Crippen molar-refractivity contribution in [2.24, 2.45) is 0 Å². The third kappa shape index (κ3) is 3.52. The molecule has 2 rings (SSSR count). The van der Waals surface area contributed by atoms with Gasteiger partial charge in [-0.2, -0.15) is 0 Å². The van der Waals surface area contributed by atoms with E-state index in [1.165, 1.54) is 24.4 Å². The Kier molecular flexibility index (Phi) is 4.54. The number of hydrogen-bond acceptors (Lipinski definition) is 2. The number of nitrogens with one attached hydrogen (secondary N) is 1. The van der Waals surface area contributed by atoms with Gasteiger partial charge in [0.25, 0.3) is 5.91 Å². The van der Waals surface area contributed by atoms with E-state index in [0.717, 1.165) is 0 Å². The molecule has 1 aromatic carbocycles. The van der Waals surface area contributed by atoms with Gasteiger partial charge in [0.1, 0.15) is 11.0 Å². The first kappa shape index (κ1) is 14.4. The first-order valence-corrected chi connectivity index (χ1v) is 7.01. The maximum absolute atomic E-state index is 13.6. The molecule has 0 aliphatic rings. The van der Waals surface area contributed by atoms with Crippen LogP contribution in [0.2, 0.25) is 5.15 Å². The summed E-state index contributed by atoms with van der Waals surface area (Å²) in [5.74, 6) is -1.07. The summed E-state index contributed by atoms with van der Waals surface area (Å²) in [5.41, 5.74) is 0.239. The van der Waals surface area contributed by atoms with Crippen LogP contribution >= 0.6 is 43.5 Å². The number of benzene rings is 1. The second-order valence-corrected chi connectivity index (χ2v) is 5.76. The van der Waals surface area contributed by atoms with Crippen LogP contribution in [0.15, 0.2) is 39.4 Å². The van der Waals surface area contributed by atoms with Gasteiger partial charge in [0.05, 0.1) is 11.3 Å². The van der Waals surface area contributed by atoms with Gasteiger partial charge in [0, 0.05) is 15.1 Å². The van der Waals surface area contributed by atoms with E-state index >= 15 is 0 Å². The van der Waals surface area contributed by atoms with Crippen molar-refractivity contribution in [2.75, 3.05) is 5.32 Å². The normalized spacial score (nSPS) is 10.3. The fraction of sp³-hybridized carbons (Fsp3) is 0. The standard InChI is InChI=1S/C12H6Br2ClFN2O/c13-6-1-2-10(9(16)4-6)18-12(19)8-3-7(14)5-17-11(8)15/h1-5H,(H,18,19). The second-order valence-electron chi connectivity index (χ2n) is 3.57. The number of carbonyl (C=O) groups excluding carboxylic acids is 1. The Balaban J connectivity index is 2.28. The van der Waals surface area contributed by atoms with Gasteiger partial charge in [0.2, 0.25) is 0 Å². The van der Waals surface area contributed by atoms with E-state index in [4.69, 9.17) is 11.6 Å². The van der Waals surface area contributed by atoms with Gasteiger partial charge in [-0.25, -0.2) is 9.37 Å². The van der Waals surface area contributed by atoms with Crippen molar-refractivity contribution in [3.63, 3.8) is 0 Å². The molecule has 19 heavy (non-hydrogen) atoms. The molecule has 0 unspecified atom stereocenters. The number of hydrogen-bond donors (Lipinski definition) is 1. The van der Waals surface area contributed by atoms with Crippen molar-refractivity contribution in [3.8, 4) is 0 Å². The summed E-state index contributed by atoms with van der Waals surface area (Å²) in [7, 11) is 0. The van der Waals surface area contributed by atoms with Gasteiger partial charge in [-0.1, -0.05) is 27.5 Å². The average Bonchev–Trinajstić information content (AvgIpc) is 2.35. The minimum Gasteiger partial charge on any atom is -0.319 e. The summed E-state index contributed by atoms with van der Waals surface area (Å²) in [6.45, 7) is 0. The van der Waals surface area contributed by atoms with Crippen LogP contribution in [0.5, 0.6) is 0 Å². The van der Waals surface area contributed by atoms with Crippen molar-refractivity contribution in [2.45, 2.75) is 0 Å². The molecular weight excluding hydrogens is 402 g/mol. The number of rotatable bonds is 2.